The number of aromatic nitrogens is 2. The van der Waals surface area contributed by atoms with Crippen molar-refractivity contribution < 1.29 is 4.79 Å². The lowest BCUT2D eigenvalue weighted by molar-refractivity contribution is 0.0658. The lowest BCUT2D eigenvalue weighted by Crippen LogP contribution is -2.47. The van der Waals surface area contributed by atoms with E-state index in [1.807, 2.05) is 47.4 Å². The molecule has 2 aliphatic heterocycles. The molecule has 6 heteroatoms. The van der Waals surface area contributed by atoms with Crippen LogP contribution in [-0.2, 0) is 6.42 Å². The van der Waals surface area contributed by atoms with Gasteiger partial charge in [-0.15, -0.1) is 0 Å². The smallest absolute Gasteiger partial charge is 0.272 e. The molecule has 1 amide bonds. The molecule has 1 saturated heterocycles. The first-order chi connectivity index (χ1) is 14.7. The zero-order chi connectivity index (χ0) is 20.5. The first-order valence-corrected chi connectivity index (χ1v) is 10.5. The van der Waals surface area contributed by atoms with Crippen LogP contribution < -0.4 is 4.90 Å². The standard InChI is InChI=1S/C24H25N5O/c1-27-13-15-28(16-14-27)24(30)20-17-22(26-23(25-20)19-8-3-2-4-9-19)29-12-11-18-7-5-6-10-21(18)29/h2-10,17H,11-16H2,1H3. The molecular formula is C24H25N5O. The fraction of sp³-hybridized carbons (Fsp3) is 0.292. The van der Waals surface area contributed by atoms with Crippen LogP contribution in [0.3, 0.4) is 0 Å². The van der Waals surface area contributed by atoms with Crippen molar-refractivity contribution in [1.82, 2.24) is 19.8 Å². The molecule has 0 bridgehead atoms. The Kier molecular flexibility index (Phi) is 4.93. The van der Waals surface area contributed by atoms with Crippen molar-refractivity contribution in [2.24, 2.45) is 0 Å². The quantitative estimate of drug-likeness (QED) is 0.677. The van der Waals surface area contributed by atoms with Crippen LogP contribution in [0, 0.1) is 0 Å². The number of piperazine rings is 1. The molecule has 0 atom stereocenters. The number of hydrogen-bond acceptors (Lipinski definition) is 5. The summed E-state index contributed by atoms with van der Waals surface area (Å²) in [5, 5.41) is 0. The van der Waals surface area contributed by atoms with Gasteiger partial charge in [-0.1, -0.05) is 48.5 Å². The van der Waals surface area contributed by atoms with Crippen LogP contribution in [0.1, 0.15) is 16.1 Å². The lowest BCUT2D eigenvalue weighted by Gasteiger charge is -2.32. The van der Waals surface area contributed by atoms with Crippen molar-refractivity contribution in [3.05, 3.63) is 71.9 Å². The largest absolute Gasteiger partial charge is 0.335 e. The molecule has 3 aromatic rings. The van der Waals surface area contributed by atoms with E-state index in [1.165, 1.54) is 5.56 Å². The Balaban J connectivity index is 1.56. The van der Waals surface area contributed by atoms with Gasteiger partial charge >= 0.3 is 0 Å². The fourth-order valence-corrected chi connectivity index (χ4v) is 4.15. The minimum atomic E-state index is -0.0172. The van der Waals surface area contributed by atoms with Gasteiger partial charge in [0.25, 0.3) is 5.91 Å². The molecule has 0 N–H and O–H groups in total. The van der Waals surface area contributed by atoms with Crippen LogP contribution in [-0.4, -0.2) is 65.4 Å². The van der Waals surface area contributed by atoms with Crippen LogP contribution in [0.25, 0.3) is 11.4 Å². The Labute approximate surface area is 176 Å². The van der Waals surface area contributed by atoms with E-state index in [0.717, 1.165) is 56.2 Å². The summed E-state index contributed by atoms with van der Waals surface area (Å²) in [4.78, 5) is 29.2. The maximum Gasteiger partial charge on any atom is 0.272 e. The van der Waals surface area contributed by atoms with Gasteiger partial charge in [0.05, 0.1) is 0 Å². The van der Waals surface area contributed by atoms with Crippen molar-refractivity contribution in [1.29, 1.82) is 0 Å². The van der Waals surface area contributed by atoms with Crippen LogP contribution in [0.4, 0.5) is 11.5 Å². The van der Waals surface area contributed by atoms with E-state index in [0.29, 0.717) is 11.5 Å². The van der Waals surface area contributed by atoms with Crippen LogP contribution in [0.15, 0.2) is 60.7 Å². The summed E-state index contributed by atoms with van der Waals surface area (Å²) in [6.45, 7) is 4.07. The predicted octanol–water partition coefficient (Wildman–Crippen LogP) is 3.23. The molecule has 1 fully saturated rings. The van der Waals surface area contributed by atoms with Gasteiger partial charge in [-0.2, -0.15) is 0 Å². The van der Waals surface area contributed by atoms with Gasteiger partial charge in [-0.05, 0) is 25.1 Å². The maximum atomic E-state index is 13.3. The summed E-state index contributed by atoms with van der Waals surface area (Å²) in [5.41, 5.74) is 3.85. The number of likely N-dealkylation sites (N-methyl/N-ethyl adjacent to an activating group) is 1. The number of fused-ring (bicyclic) bond motifs is 1. The number of hydrogen-bond donors (Lipinski definition) is 0. The molecule has 6 nitrogen and oxygen atoms in total. The molecule has 0 aliphatic carbocycles. The number of amides is 1. The summed E-state index contributed by atoms with van der Waals surface area (Å²) in [6.07, 6.45) is 0.975. The van der Waals surface area contributed by atoms with Gasteiger partial charge in [-0.3, -0.25) is 4.79 Å². The Hall–Kier alpha value is -3.25. The first-order valence-electron chi connectivity index (χ1n) is 10.5. The van der Waals surface area contributed by atoms with Crippen molar-refractivity contribution in [3.8, 4) is 11.4 Å². The number of anilines is 2. The van der Waals surface area contributed by atoms with Gasteiger partial charge in [0.2, 0.25) is 0 Å². The van der Waals surface area contributed by atoms with E-state index < -0.39 is 0 Å². The third-order valence-electron chi connectivity index (χ3n) is 5.92. The minimum absolute atomic E-state index is 0.0172. The van der Waals surface area contributed by atoms with Crippen molar-refractivity contribution in [3.63, 3.8) is 0 Å². The second kappa shape index (κ2) is 7.88. The molecular weight excluding hydrogens is 374 g/mol. The third kappa shape index (κ3) is 3.55. The molecule has 152 valence electrons. The average Bonchev–Trinajstić information content (AvgIpc) is 3.24. The summed E-state index contributed by atoms with van der Waals surface area (Å²) in [7, 11) is 2.09. The molecule has 2 aromatic carbocycles. The topological polar surface area (TPSA) is 52.6 Å². The molecule has 30 heavy (non-hydrogen) atoms. The highest BCUT2D eigenvalue weighted by Crippen LogP contribution is 2.34. The van der Waals surface area contributed by atoms with Gasteiger partial charge in [0, 0.05) is 50.0 Å². The Morgan fingerprint density at radius 1 is 0.867 bits per heavy atom. The summed E-state index contributed by atoms with van der Waals surface area (Å²) >= 11 is 0. The number of para-hydroxylation sites is 1. The second-order valence-corrected chi connectivity index (χ2v) is 7.93. The second-order valence-electron chi connectivity index (χ2n) is 7.93. The zero-order valence-electron chi connectivity index (χ0n) is 17.2. The van der Waals surface area contributed by atoms with Gasteiger partial charge in [-0.25, -0.2) is 9.97 Å². The Morgan fingerprint density at radius 3 is 2.40 bits per heavy atom. The molecule has 1 aromatic heterocycles. The van der Waals surface area contributed by atoms with Crippen molar-refractivity contribution >= 4 is 17.4 Å². The predicted molar refractivity (Wildman–Crippen MR) is 118 cm³/mol. The monoisotopic (exact) mass is 399 g/mol. The molecule has 0 radical (unpaired) electrons. The summed E-state index contributed by atoms with van der Waals surface area (Å²) in [6, 6.07) is 20.1. The van der Waals surface area contributed by atoms with E-state index in [9.17, 15) is 4.79 Å². The maximum absolute atomic E-state index is 13.3. The summed E-state index contributed by atoms with van der Waals surface area (Å²) < 4.78 is 0. The van der Waals surface area contributed by atoms with E-state index in [1.54, 1.807) is 0 Å². The highest BCUT2D eigenvalue weighted by molar-refractivity contribution is 5.94. The highest BCUT2D eigenvalue weighted by Gasteiger charge is 2.26. The number of benzene rings is 2. The van der Waals surface area contributed by atoms with Crippen LogP contribution in [0.5, 0.6) is 0 Å². The first kappa shape index (κ1) is 18.8. The molecule has 3 heterocycles. The Bertz CT molecular complexity index is 1060. The van der Waals surface area contributed by atoms with E-state index in [-0.39, 0.29) is 5.91 Å². The van der Waals surface area contributed by atoms with Crippen molar-refractivity contribution in [2.45, 2.75) is 6.42 Å². The minimum Gasteiger partial charge on any atom is -0.335 e. The lowest BCUT2D eigenvalue weighted by atomic mass is 10.2. The zero-order valence-corrected chi connectivity index (χ0v) is 17.2. The van der Waals surface area contributed by atoms with Gasteiger partial charge < -0.3 is 14.7 Å². The number of rotatable bonds is 3. The molecule has 0 unspecified atom stereocenters. The van der Waals surface area contributed by atoms with Crippen molar-refractivity contribution in [2.75, 3.05) is 44.7 Å². The SMILES string of the molecule is CN1CCN(C(=O)c2cc(N3CCc4ccccc43)nc(-c3ccccc3)n2)CC1. The number of nitrogens with zero attached hydrogens (tertiary/aromatic N) is 5. The number of carbonyl (C=O) groups excluding carboxylic acids is 1. The van der Waals surface area contributed by atoms with Crippen LogP contribution >= 0.6 is 0 Å². The van der Waals surface area contributed by atoms with E-state index >= 15 is 0 Å². The fourth-order valence-electron chi connectivity index (χ4n) is 4.15. The molecule has 0 saturated carbocycles. The van der Waals surface area contributed by atoms with Crippen LogP contribution in [0.2, 0.25) is 0 Å². The number of carbonyl (C=O) groups is 1. The third-order valence-corrected chi connectivity index (χ3v) is 5.92. The average molecular weight is 399 g/mol. The highest BCUT2D eigenvalue weighted by atomic mass is 16.2. The van der Waals surface area contributed by atoms with E-state index in [2.05, 4.69) is 40.0 Å². The molecule has 5 rings (SSSR count). The van der Waals surface area contributed by atoms with E-state index in [4.69, 9.17) is 4.98 Å². The van der Waals surface area contributed by atoms with Gasteiger partial charge in [0.1, 0.15) is 11.5 Å². The van der Waals surface area contributed by atoms with Gasteiger partial charge in [0.15, 0.2) is 5.82 Å². The normalized spacial score (nSPS) is 16.6. The molecule has 2 aliphatic rings. The Morgan fingerprint density at radius 2 is 1.60 bits per heavy atom. The molecule has 0 spiro atoms. The summed E-state index contributed by atoms with van der Waals surface area (Å²) in [5.74, 6) is 1.36.